The van der Waals surface area contributed by atoms with Gasteiger partial charge >= 0.3 is 0 Å². The molecule has 0 aromatic carbocycles. The molecule has 1 rings (SSSR count). The minimum atomic E-state index is -0.226. The van der Waals surface area contributed by atoms with Crippen LogP contribution in [-0.2, 0) is 17.9 Å². The van der Waals surface area contributed by atoms with Crippen molar-refractivity contribution in [1.29, 1.82) is 0 Å². The van der Waals surface area contributed by atoms with E-state index in [-0.39, 0.29) is 11.9 Å². The van der Waals surface area contributed by atoms with Crippen molar-refractivity contribution in [3.63, 3.8) is 0 Å². The first-order chi connectivity index (χ1) is 9.04. The van der Waals surface area contributed by atoms with Gasteiger partial charge in [-0.2, -0.15) is 5.10 Å². The molecule has 6 heteroatoms. The minimum Gasteiger partial charge on any atom is -0.355 e. The lowest BCUT2D eigenvalue weighted by Gasteiger charge is -2.14. The van der Waals surface area contributed by atoms with Crippen LogP contribution < -0.4 is 10.6 Å². The molecule has 1 atom stereocenters. The van der Waals surface area contributed by atoms with Crippen LogP contribution in [-0.4, -0.2) is 33.3 Å². The number of aromatic nitrogens is 3. The maximum absolute atomic E-state index is 11.7. The first kappa shape index (κ1) is 15.6. The zero-order chi connectivity index (χ0) is 14.3. The Morgan fingerprint density at radius 3 is 2.79 bits per heavy atom. The van der Waals surface area contributed by atoms with Crippen molar-refractivity contribution in [3.8, 4) is 0 Å². The van der Waals surface area contributed by atoms with Crippen molar-refractivity contribution >= 4 is 5.91 Å². The summed E-state index contributed by atoms with van der Waals surface area (Å²) in [5.74, 6) is 1.41. The third-order valence-electron chi connectivity index (χ3n) is 2.74. The van der Waals surface area contributed by atoms with E-state index in [9.17, 15) is 4.79 Å². The lowest BCUT2D eigenvalue weighted by atomic mass is 10.2. The van der Waals surface area contributed by atoms with Gasteiger partial charge in [0.15, 0.2) is 0 Å². The van der Waals surface area contributed by atoms with Crippen LogP contribution in [0.3, 0.4) is 0 Å². The molecular weight excluding hydrogens is 242 g/mol. The van der Waals surface area contributed by atoms with E-state index in [0.717, 1.165) is 18.8 Å². The summed E-state index contributed by atoms with van der Waals surface area (Å²) in [4.78, 5) is 15.9. The van der Waals surface area contributed by atoms with E-state index < -0.39 is 0 Å². The van der Waals surface area contributed by atoms with Crippen molar-refractivity contribution < 1.29 is 4.79 Å². The van der Waals surface area contributed by atoms with Crippen LogP contribution in [0.5, 0.6) is 0 Å². The van der Waals surface area contributed by atoms with Gasteiger partial charge < -0.3 is 5.32 Å². The van der Waals surface area contributed by atoms with Crippen molar-refractivity contribution in [1.82, 2.24) is 25.4 Å². The van der Waals surface area contributed by atoms with E-state index in [1.807, 2.05) is 18.5 Å². The molecule has 1 aromatic rings. The van der Waals surface area contributed by atoms with Crippen molar-refractivity contribution in [2.45, 2.75) is 53.2 Å². The van der Waals surface area contributed by atoms with Crippen LogP contribution in [0.4, 0.5) is 0 Å². The normalized spacial score (nSPS) is 12.7. The van der Waals surface area contributed by atoms with E-state index in [0.29, 0.717) is 19.0 Å². The smallest absolute Gasteiger partial charge is 0.236 e. The van der Waals surface area contributed by atoms with Crippen LogP contribution in [0.25, 0.3) is 0 Å². The van der Waals surface area contributed by atoms with Gasteiger partial charge in [-0.25, -0.2) is 9.67 Å². The first-order valence-electron chi connectivity index (χ1n) is 6.92. The second-order valence-electron chi connectivity index (χ2n) is 5.15. The fraction of sp³-hybridized carbons (Fsp3) is 0.769. The van der Waals surface area contributed by atoms with Gasteiger partial charge in [-0.15, -0.1) is 0 Å². The summed E-state index contributed by atoms with van der Waals surface area (Å²) in [7, 11) is 0. The number of carbonyl (C=O) groups excluding carboxylic acids is 1. The quantitative estimate of drug-likeness (QED) is 0.735. The Bertz CT molecular complexity index is 388. The van der Waals surface area contributed by atoms with E-state index in [1.54, 1.807) is 6.33 Å². The summed E-state index contributed by atoms with van der Waals surface area (Å²) in [6.45, 7) is 10.3. The van der Waals surface area contributed by atoms with E-state index in [1.165, 1.54) is 0 Å². The van der Waals surface area contributed by atoms with Crippen LogP contribution in [0.2, 0.25) is 0 Å². The molecule has 0 radical (unpaired) electrons. The molecule has 108 valence electrons. The molecule has 0 saturated carbocycles. The van der Waals surface area contributed by atoms with Gasteiger partial charge in [0.2, 0.25) is 5.91 Å². The average Bonchev–Trinajstić information content (AvgIpc) is 2.79. The van der Waals surface area contributed by atoms with Crippen molar-refractivity contribution in [3.05, 3.63) is 12.2 Å². The molecule has 6 nitrogen and oxygen atoms in total. The predicted octanol–water partition coefficient (Wildman–Crippen LogP) is 0.938. The number of amides is 1. The van der Waals surface area contributed by atoms with E-state index >= 15 is 0 Å². The summed E-state index contributed by atoms with van der Waals surface area (Å²) in [5.41, 5.74) is 0. The fourth-order valence-electron chi connectivity index (χ4n) is 1.66. The van der Waals surface area contributed by atoms with Crippen LogP contribution in [0, 0.1) is 5.92 Å². The highest BCUT2D eigenvalue weighted by Gasteiger charge is 2.13. The van der Waals surface area contributed by atoms with Gasteiger partial charge in [0, 0.05) is 13.1 Å². The Morgan fingerprint density at radius 1 is 1.42 bits per heavy atom. The van der Waals surface area contributed by atoms with Gasteiger partial charge in [-0.3, -0.25) is 10.1 Å². The zero-order valence-electron chi connectivity index (χ0n) is 12.3. The maximum Gasteiger partial charge on any atom is 0.236 e. The molecule has 0 bridgehead atoms. The van der Waals surface area contributed by atoms with E-state index in [4.69, 9.17) is 0 Å². The zero-order valence-corrected chi connectivity index (χ0v) is 12.3. The molecule has 0 fully saturated rings. The highest BCUT2D eigenvalue weighted by Crippen LogP contribution is 2.01. The van der Waals surface area contributed by atoms with Gasteiger partial charge in [-0.1, -0.05) is 20.8 Å². The molecule has 1 amide bonds. The van der Waals surface area contributed by atoms with Crippen LogP contribution >= 0.6 is 0 Å². The summed E-state index contributed by atoms with van der Waals surface area (Å²) in [6, 6.07) is -0.226. The molecule has 2 N–H and O–H groups in total. The predicted molar refractivity (Wildman–Crippen MR) is 74.5 cm³/mol. The standard InChI is InChI=1S/C13H25N5O/c1-5-6-14-13(19)11(4)15-7-12-16-9-17-18(12)8-10(2)3/h9-11,15H,5-8H2,1-4H3,(H,14,19). The Hall–Kier alpha value is -1.43. The average molecular weight is 267 g/mol. The largest absolute Gasteiger partial charge is 0.355 e. The monoisotopic (exact) mass is 267 g/mol. The second kappa shape index (κ2) is 7.89. The topological polar surface area (TPSA) is 71.8 Å². The first-order valence-corrected chi connectivity index (χ1v) is 6.92. The highest BCUT2D eigenvalue weighted by molar-refractivity contribution is 5.81. The highest BCUT2D eigenvalue weighted by atomic mass is 16.2. The number of rotatable bonds is 8. The number of hydrogen-bond donors (Lipinski definition) is 2. The molecule has 19 heavy (non-hydrogen) atoms. The van der Waals surface area contributed by atoms with Crippen LogP contribution in [0.15, 0.2) is 6.33 Å². The van der Waals surface area contributed by atoms with Gasteiger partial charge in [0.05, 0.1) is 12.6 Å². The molecule has 0 aliphatic rings. The summed E-state index contributed by atoms with van der Waals surface area (Å²) in [6.07, 6.45) is 2.50. The molecule has 1 heterocycles. The lowest BCUT2D eigenvalue weighted by Crippen LogP contribution is -2.42. The van der Waals surface area contributed by atoms with E-state index in [2.05, 4.69) is 34.6 Å². The Kier molecular flexibility index (Phi) is 6.49. The third kappa shape index (κ3) is 5.38. The third-order valence-corrected chi connectivity index (χ3v) is 2.74. The SMILES string of the molecule is CCCNC(=O)C(C)NCc1ncnn1CC(C)C. The molecule has 0 aliphatic heterocycles. The number of nitrogens with zero attached hydrogens (tertiary/aromatic N) is 3. The second-order valence-corrected chi connectivity index (χ2v) is 5.15. The summed E-state index contributed by atoms with van der Waals surface area (Å²) < 4.78 is 1.88. The number of hydrogen-bond acceptors (Lipinski definition) is 4. The molecule has 0 saturated heterocycles. The number of carbonyl (C=O) groups is 1. The number of nitrogens with one attached hydrogen (secondary N) is 2. The van der Waals surface area contributed by atoms with Crippen molar-refractivity contribution in [2.24, 2.45) is 5.92 Å². The minimum absolute atomic E-state index is 0.0248. The fourth-order valence-corrected chi connectivity index (χ4v) is 1.66. The van der Waals surface area contributed by atoms with Gasteiger partial charge in [0.25, 0.3) is 0 Å². The Balaban J connectivity index is 2.43. The molecule has 0 spiro atoms. The molecule has 1 aromatic heterocycles. The molecule has 1 unspecified atom stereocenters. The van der Waals surface area contributed by atoms with Gasteiger partial charge in [-0.05, 0) is 19.3 Å². The molecule has 0 aliphatic carbocycles. The van der Waals surface area contributed by atoms with Gasteiger partial charge in [0.1, 0.15) is 12.2 Å². The summed E-state index contributed by atoms with van der Waals surface area (Å²) >= 11 is 0. The summed E-state index contributed by atoms with van der Waals surface area (Å²) in [5, 5.41) is 10.2. The Morgan fingerprint density at radius 2 is 2.16 bits per heavy atom. The maximum atomic E-state index is 11.7. The van der Waals surface area contributed by atoms with Crippen molar-refractivity contribution in [2.75, 3.05) is 6.54 Å². The Labute approximate surface area is 115 Å². The lowest BCUT2D eigenvalue weighted by molar-refractivity contribution is -0.122. The molecular formula is C13H25N5O. The van der Waals surface area contributed by atoms with Crippen LogP contribution in [0.1, 0.15) is 39.9 Å².